The summed E-state index contributed by atoms with van der Waals surface area (Å²) in [5.74, 6) is 0.579. The molecule has 0 radical (unpaired) electrons. The monoisotopic (exact) mass is 468 g/mol. The quantitative estimate of drug-likeness (QED) is 0.624. The molecular formula is C27H40N4O3. The first-order chi connectivity index (χ1) is 16.1. The van der Waals surface area contributed by atoms with Crippen molar-refractivity contribution < 1.29 is 14.4 Å². The van der Waals surface area contributed by atoms with Gasteiger partial charge in [-0.3, -0.25) is 19.4 Å². The number of rotatable bonds is 6. The van der Waals surface area contributed by atoms with Crippen LogP contribution in [0.2, 0.25) is 0 Å². The molecule has 1 spiro atoms. The van der Waals surface area contributed by atoms with E-state index in [0.717, 1.165) is 42.4 Å². The van der Waals surface area contributed by atoms with Gasteiger partial charge >= 0.3 is 6.03 Å². The molecule has 2 atom stereocenters. The number of imide groups is 1. The van der Waals surface area contributed by atoms with Crippen molar-refractivity contribution in [3.63, 3.8) is 0 Å². The molecule has 2 saturated heterocycles. The average Bonchev–Trinajstić information content (AvgIpc) is 2.96. The smallest absolute Gasteiger partial charge is 0.325 e. The van der Waals surface area contributed by atoms with Crippen molar-refractivity contribution in [3.05, 3.63) is 35.4 Å². The molecule has 3 fully saturated rings. The van der Waals surface area contributed by atoms with E-state index in [1.807, 2.05) is 12.1 Å². The van der Waals surface area contributed by atoms with Gasteiger partial charge in [-0.1, -0.05) is 52.0 Å². The first-order valence-corrected chi connectivity index (χ1v) is 12.8. The summed E-state index contributed by atoms with van der Waals surface area (Å²) < 4.78 is 0. The van der Waals surface area contributed by atoms with Gasteiger partial charge in [-0.15, -0.1) is 0 Å². The number of benzene rings is 1. The molecule has 4 rings (SSSR count). The predicted molar refractivity (Wildman–Crippen MR) is 132 cm³/mol. The second-order valence-corrected chi connectivity index (χ2v) is 11.8. The van der Waals surface area contributed by atoms with Gasteiger partial charge in [0.25, 0.3) is 5.91 Å². The van der Waals surface area contributed by atoms with E-state index in [2.05, 4.69) is 55.4 Å². The van der Waals surface area contributed by atoms with Crippen molar-refractivity contribution in [2.45, 2.75) is 78.4 Å². The number of amides is 4. The third-order valence-corrected chi connectivity index (χ3v) is 7.72. The lowest BCUT2D eigenvalue weighted by atomic mass is 9.64. The molecule has 1 aliphatic carbocycles. The number of nitrogens with zero attached hydrogens (tertiary/aromatic N) is 2. The molecule has 2 N–H and O–H groups in total. The Bertz CT molecular complexity index is 920. The third-order valence-electron chi connectivity index (χ3n) is 7.72. The maximum Gasteiger partial charge on any atom is 0.325 e. The molecule has 4 amide bonds. The Morgan fingerprint density at radius 2 is 1.68 bits per heavy atom. The second kappa shape index (κ2) is 9.68. The lowest BCUT2D eigenvalue weighted by molar-refractivity contribution is -0.137. The van der Waals surface area contributed by atoms with Crippen LogP contribution in [0.15, 0.2) is 24.3 Å². The number of hydrogen-bond acceptors (Lipinski definition) is 4. The normalized spacial score (nSPS) is 27.8. The standard InChI is InChI=1S/C27H40N4O3/c1-19-9-11-30(12-10-19)16-22-7-5-21(6-8-22)15-28-23(32)17-31-24(33)27(29-25(31)34)14-20(2)13-26(3,4)18-27/h5-8,19-20H,9-18H2,1-4H3,(H,28,32)(H,29,34). The first kappa shape index (κ1) is 24.7. The number of hydrogen-bond donors (Lipinski definition) is 2. The molecule has 1 aromatic rings. The Kier molecular flexibility index (Phi) is 7.04. The van der Waals surface area contributed by atoms with Crippen LogP contribution in [0, 0.1) is 17.3 Å². The summed E-state index contributed by atoms with van der Waals surface area (Å²) in [5, 5.41) is 5.80. The molecule has 3 aliphatic rings. The van der Waals surface area contributed by atoms with E-state index in [4.69, 9.17) is 0 Å². The van der Waals surface area contributed by atoms with E-state index in [1.165, 1.54) is 18.4 Å². The largest absolute Gasteiger partial charge is 0.350 e. The minimum absolute atomic E-state index is 0.0303. The average molecular weight is 469 g/mol. The molecule has 2 unspecified atom stereocenters. The summed E-state index contributed by atoms with van der Waals surface area (Å²) in [4.78, 5) is 42.0. The summed E-state index contributed by atoms with van der Waals surface area (Å²) in [7, 11) is 0. The van der Waals surface area contributed by atoms with E-state index in [-0.39, 0.29) is 23.8 Å². The van der Waals surface area contributed by atoms with Crippen molar-refractivity contribution >= 4 is 17.8 Å². The van der Waals surface area contributed by atoms with E-state index < -0.39 is 11.6 Å². The van der Waals surface area contributed by atoms with Crippen molar-refractivity contribution in [1.82, 2.24) is 20.4 Å². The molecule has 2 heterocycles. The van der Waals surface area contributed by atoms with E-state index >= 15 is 0 Å². The van der Waals surface area contributed by atoms with E-state index in [1.54, 1.807) is 0 Å². The van der Waals surface area contributed by atoms with Gasteiger partial charge in [0, 0.05) is 13.1 Å². The minimum Gasteiger partial charge on any atom is -0.350 e. The lowest BCUT2D eigenvalue weighted by Gasteiger charge is -2.43. The maximum absolute atomic E-state index is 13.2. The molecule has 0 aromatic heterocycles. The van der Waals surface area contributed by atoms with Crippen LogP contribution in [0.1, 0.15) is 70.9 Å². The third kappa shape index (κ3) is 5.62. The van der Waals surface area contributed by atoms with Crippen molar-refractivity contribution in [1.29, 1.82) is 0 Å². The highest BCUT2D eigenvalue weighted by molar-refractivity contribution is 6.09. The van der Waals surface area contributed by atoms with Crippen molar-refractivity contribution in [3.8, 4) is 0 Å². The topological polar surface area (TPSA) is 81.8 Å². The molecule has 7 heteroatoms. The Morgan fingerprint density at radius 3 is 2.32 bits per heavy atom. The zero-order valence-electron chi connectivity index (χ0n) is 21.2. The Hall–Kier alpha value is -2.41. The van der Waals surface area contributed by atoms with Gasteiger partial charge in [0.1, 0.15) is 12.1 Å². The molecule has 34 heavy (non-hydrogen) atoms. The predicted octanol–water partition coefficient (Wildman–Crippen LogP) is 3.67. The molecule has 1 saturated carbocycles. The molecular weight excluding hydrogens is 428 g/mol. The SMILES string of the molecule is CC1CCN(Cc2ccc(CNC(=O)CN3C(=O)NC4(CC(C)CC(C)(C)C4)C3=O)cc2)CC1. The van der Waals surface area contributed by atoms with Crippen LogP contribution in [0.3, 0.4) is 0 Å². The zero-order chi connectivity index (χ0) is 24.5. The second-order valence-electron chi connectivity index (χ2n) is 11.8. The Morgan fingerprint density at radius 1 is 1.03 bits per heavy atom. The van der Waals surface area contributed by atoms with Gasteiger partial charge in [0.2, 0.25) is 5.91 Å². The zero-order valence-corrected chi connectivity index (χ0v) is 21.2. The summed E-state index contributed by atoms with van der Waals surface area (Å²) in [6, 6.07) is 7.85. The highest BCUT2D eigenvalue weighted by Gasteiger charge is 2.56. The molecule has 2 aliphatic heterocycles. The molecule has 186 valence electrons. The Balaban J connectivity index is 1.28. The molecule has 0 bridgehead atoms. The fourth-order valence-electron chi connectivity index (χ4n) is 6.29. The maximum atomic E-state index is 13.2. The number of nitrogens with one attached hydrogen (secondary N) is 2. The lowest BCUT2D eigenvalue weighted by Crippen LogP contribution is -2.54. The number of carbonyl (C=O) groups is 3. The number of urea groups is 1. The Labute approximate surface area is 203 Å². The van der Waals surface area contributed by atoms with Crippen LogP contribution in [0.5, 0.6) is 0 Å². The summed E-state index contributed by atoms with van der Waals surface area (Å²) >= 11 is 0. The summed E-state index contributed by atoms with van der Waals surface area (Å²) in [5.41, 5.74) is 1.37. The number of carbonyl (C=O) groups excluding carboxylic acids is 3. The summed E-state index contributed by atoms with van der Waals surface area (Å²) in [6.45, 7) is 12.1. The van der Waals surface area contributed by atoms with Gasteiger partial charge in [-0.25, -0.2) is 4.79 Å². The van der Waals surface area contributed by atoms with Crippen molar-refractivity contribution in [2.75, 3.05) is 19.6 Å². The number of piperidine rings is 1. The fraction of sp³-hybridized carbons (Fsp3) is 0.667. The van der Waals surface area contributed by atoms with Crippen LogP contribution >= 0.6 is 0 Å². The van der Waals surface area contributed by atoms with Crippen LogP contribution in [-0.2, 0) is 22.7 Å². The molecule has 1 aromatic carbocycles. The molecule has 7 nitrogen and oxygen atoms in total. The van der Waals surface area contributed by atoms with Crippen LogP contribution in [0.25, 0.3) is 0 Å². The van der Waals surface area contributed by atoms with Crippen LogP contribution in [0.4, 0.5) is 4.79 Å². The first-order valence-electron chi connectivity index (χ1n) is 12.8. The van der Waals surface area contributed by atoms with Gasteiger partial charge in [-0.2, -0.15) is 0 Å². The van der Waals surface area contributed by atoms with Crippen LogP contribution in [-0.4, -0.2) is 52.8 Å². The fourth-order valence-corrected chi connectivity index (χ4v) is 6.29. The summed E-state index contributed by atoms with van der Waals surface area (Å²) in [6.07, 6.45) is 4.78. The van der Waals surface area contributed by atoms with Gasteiger partial charge in [0.15, 0.2) is 0 Å². The van der Waals surface area contributed by atoms with Crippen molar-refractivity contribution in [2.24, 2.45) is 17.3 Å². The highest BCUT2D eigenvalue weighted by atomic mass is 16.2. The number of likely N-dealkylation sites (tertiary alicyclic amines) is 1. The van der Waals surface area contributed by atoms with E-state index in [9.17, 15) is 14.4 Å². The minimum atomic E-state index is -0.874. The van der Waals surface area contributed by atoms with Gasteiger partial charge in [-0.05, 0) is 73.6 Å². The van der Waals surface area contributed by atoms with Crippen LogP contribution < -0.4 is 10.6 Å². The van der Waals surface area contributed by atoms with Gasteiger partial charge in [0.05, 0.1) is 0 Å². The van der Waals surface area contributed by atoms with Gasteiger partial charge < -0.3 is 10.6 Å². The highest BCUT2D eigenvalue weighted by Crippen LogP contribution is 2.46. The van der Waals surface area contributed by atoms with E-state index in [0.29, 0.717) is 25.3 Å².